The summed E-state index contributed by atoms with van der Waals surface area (Å²) in [7, 11) is 0. The smallest absolute Gasteiger partial charge is 0.407 e. The molecule has 0 saturated heterocycles. The van der Waals surface area contributed by atoms with Crippen molar-refractivity contribution in [2.24, 2.45) is 52.3 Å². The highest BCUT2D eigenvalue weighted by molar-refractivity contribution is 6.41. The molecular weight excluding hydrogens is 883 g/mol. The Hall–Kier alpha value is -5.31. The molecule has 6 aliphatic rings. The lowest BCUT2D eigenvalue weighted by Crippen LogP contribution is -2.51. The van der Waals surface area contributed by atoms with Crippen molar-refractivity contribution in [3.63, 3.8) is 0 Å². The summed E-state index contributed by atoms with van der Waals surface area (Å²) >= 11 is 0. The summed E-state index contributed by atoms with van der Waals surface area (Å²) in [4.78, 5) is 72.9. The number of nitrogens with one attached hydrogen (secondary N) is 1. The predicted molar refractivity (Wildman–Crippen MR) is 283 cm³/mol. The minimum atomic E-state index is -0.510. The van der Waals surface area contributed by atoms with Crippen LogP contribution >= 0.6 is 0 Å². The molecule has 2 unspecified atom stereocenters. The highest BCUT2D eigenvalue weighted by Gasteiger charge is 2.59. The van der Waals surface area contributed by atoms with E-state index in [4.69, 9.17) is 4.74 Å². The van der Waals surface area contributed by atoms with Gasteiger partial charge < -0.3 is 10.1 Å². The maximum Gasteiger partial charge on any atom is 0.407 e. The number of nitrogens with zero attached hydrogens (tertiary/aromatic N) is 2. The number of fused-ring (bicyclic) bond motifs is 7. The molecule has 0 radical (unpaired) electrons. The van der Waals surface area contributed by atoms with Gasteiger partial charge in [0.2, 0.25) is 0 Å². The van der Waals surface area contributed by atoms with Gasteiger partial charge in [-0.05, 0) is 160 Å². The monoisotopic (exact) mass is 958 g/mol. The molecule has 0 aromatic heterocycles. The van der Waals surface area contributed by atoms with Gasteiger partial charge in [0, 0.05) is 59.1 Å². The van der Waals surface area contributed by atoms with Crippen molar-refractivity contribution in [3.05, 3.63) is 82.4 Å². The van der Waals surface area contributed by atoms with Gasteiger partial charge in [-0.1, -0.05) is 123 Å². The van der Waals surface area contributed by atoms with Crippen LogP contribution in [0.2, 0.25) is 0 Å². The number of hydrogen-bond donors (Lipinski definition) is 1. The molecule has 71 heavy (non-hydrogen) atoms. The van der Waals surface area contributed by atoms with Gasteiger partial charge in [0.25, 0.3) is 23.6 Å². The number of unbranched alkanes of at least 4 members (excludes halogenated alkanes) is 1. The Morgan fingerprint density at radius 3 is 1.85 bits per heavy atom. The van der Waals surface area contributed by atoms with E-state index in [0.29, 0.717) is 50.9 Å². The SMILES string of the molecule is CCCCC(CC)CN1C(=O)c2ccc3c4ccc5c6c(ccc(c7ccc(c2c37)C1=O)c64)C(=O)N(CCNC(=O)OC1CC[C@@]2(C)C(=CC[C@H]3[C@@H]4CC[C@H]([C@H](C)CCCC(C)C)[C@@]4(C)CC[C@@H]32)C1)C5=O. The van der Waals surface area contributed by atoms with Crippen LogP contribution in [-0.4, -0.2) is 65.3 Å². The summed E-state index contributed by atoms with van der Waals surface area (Å²) in [6.45, 7) is 17.2. The van der Waals surface area contributed by atoms with Gasteiger partial charge in [-0.25, -0.2) is 4.79 Å². The van der Waals surface area contributed by atoms with E-state index in [1.54, 1.807) is 12.1 Å². The van der Waals surface area contributed by atoms with Crippen molar-refractivity contribution < 1.29 is 28.7 Å². The summed E-state index contributed by atoms with van der Waals surface area (Å²) < 4.78 is 6.09. The van der Waals surface area contributed by atoms with E-state index in [2.05, 4.69) is 59.9 Å². The summed E-state index contributed by atoms with van der Waals surface area (Å²) in [5, 5.41) is 9.28. The second-order valence-corrected chi connectivity index (χ2v) is 24.0. The quantitative estimate of drug-likeness (QED) is 0.0484. The lowest BCUT2D eigenvalue weighted by molar-refractivity contribution is -0.0581. The average Bonchev–Trinajstić information content (AvgIpc) is 3.72. The van der Waals surface area contributed by atoms with Crippen LogP contribution in [0.1, 0.15) is 186 Å². The van der Waals surface area contributed by atoms with Gasteiger partial charge in [0.1, 0.15) is 6.10 Å². The highest BCUT2D eigenvalue weighted by atomic mass is 16.6. The zero-order chi connectivity index (χ0) is 49.7. The Morgan fingerprint density at radius 1 is 0.690 bits per heavy atom. The number of hydrogen-bond acceptors (Lipinski definition) is 6. The van der Waals surface area contributed by atoms with Gasteiger partial charge in [-0.15, -0.1) is 0 Å². The summed E-state index contributed by atoms with van der Waals surface area (Å²) in [6.07, 6.45) is 19.1. The Morgan fingerprint density at radius 2 is 1.28 bits per heavy atom. The van der Waals surface area contributed by atoms with E-state index >= 15 is 0 Å². The standard InChI is InChI=1S/C62H75N3O6/c1-8-10-14-37(9-2)34-65-58(68)47-23-19-42-40-17-21-45-54-46(22-18-41(52(40)54)43-20-24-48(59(65)69)55(47)53(42)43)57(67)64(56(45)66)32-31-63-60(70)71-39-27-29-61(6)38(33-39)15-16-44-50-26-25-49(36(5)13-11-12-35(3)4)62(50,7)30-28-51(44)61/h15,17-24,35-37,39,44,49-51H,8-14,16,25-34H2,1-7H3,(H,63,70)/t36-,37?,39?,44+,49-,50+,51+,61+,62-/m1/s1. The first-order valence-electron chi connectivity index (χ1n) is 27.7. The van der Waals surface area contributed by atoms with Gasteiger partial charge >= 0.3 is 6.09 Å². The predicted octanol–water partition coefficient (Wildman–Crippen LogP) is 14.3. The number of carbonyl (C=O) groups excluding carboxylic acids is 5. The maximum atomic E-state index is 14.3. The topological polar surface area (TPSA) is 113 Å². The van der Waals surface area contributed by atoms with E-state index in [1.807, 2.05) is 36.4 Å². The van der Waals surface area contributed by atoms with Crippen molar-refractivity contribution >= 4 is 72.8 Å². The van der Waals surface area contributed by atoms with Crippen LogP contribution in [0.3, 0.4) is 0 Å². The number of amides is 5. The summed E-state index contributed by atoms with van der Waals surface area (Å²) in [6, 6.07) is 15.0. The van der Waals surface area contributed by atoms with Crippen LogP contribution in [0.25, 0.3) is 43.1 Å². The third-order valence-corrected chi connectivity index (χ3v) is 19.9. The molecule has 2 heterocycles. The van der Waals surface area contributed by atoms with E-state index < -0.39 is 17.9 Å². The first-order chi connectivity index (χ1) is 34.2. The number of allylic oxidation sites excluding steroid dienone is 1. The molecule has 9 heteroatoms. The fourth-order valence-corrected chi connectivity index (χ4v) is 16.1. The van der Waals surface area contributed by atoms with E-state index in [0.717, 1.165) is 113 Å². The second-order valence-electron chi connectivity index (χ2n) is 24.0. The van der Waals surface area contributed by atoms with Crippen molar-refractivity contribution in [1.82, 2.24) is 15.1 Å². The molecule has 9 atom stereocenters. The first kappa shape index (κ1) is 48.0. The molecule has 5 aromatic carbocycles. The molecule has 9 nitrogen and oxygen atoms in total. The molecule has 0 bridgehead atoms. The zero-order valence-corrected chi connectivity index (χ0v) is 43.4. The highest BCUT2D eigenvalue weighted by Crippen LogP contribution is 2.67. The minimum Gasteiger partial charge on any atom is -0.446 e. The minimum absolute atomic E-state index is 0.0101. The lowest BCUT2D eigenvalue weighted by Gasteiger charge is -2.58. The molecule has 0 spiro atoms. The average molecular weight is 958 g/mol. The van der Waals surface area contributed by atoms with Gasteiger partial charge in [-0.3, -0.25) is 29.0 Å². The van der Waals surface area contributed by atoms with Crippen LogP contribution in [0.4, 0.5) is 4.79 Å². The van der Waals surface area contributed by atoms with Gasteiger partial charge in [-0.2, -0.15) is 0 Å². The summed E-state index contributed by atoms with van der Waals surface area (Å²) in [5.41, 5.74) is 4.00. The number of carbonyl (C=O) groups is 5. The Balaban J connectivity index is 0.755. The fraction of sp³-hybridized carbons (Fsp3) is 0.565. The largest absolute Gasteiger partial charge is 0.446 e. The van der Waals surface area contributed by atoms with Crippen LogP contribution in [0, 0.1) is 52.3 Å². The molecule has 5 amide bonds. The lowest BCUT2D eigenvalue weighted by atomic mass is 9.47. The van der Waals surface area contributed by atoms with E-state index in [1.165, 1.54) is 60.3 Å². The third kappa shape index (κ3) is 7.62. The number of alkyl carbamates (subject to hydrolysis) is 1. The molecule has 3 saturated carbocycles. The molecule has 11 rings (SSSR count). The van der Waals surface area contributed by atoms with Crippen LogP contribution in [-0.2, 0) is 4.74 Å². The molecule has 5 aromatic rings. The molecule has 1 N–H and O–H groups in total. The Labute approximate surface area is 420 Å². The normalized spacial score (nSPS) is 27.9. The molecule has 3 fully saturated rings. The van der Waals surface area contributed by atoms with Gasteiger partial charge in [0.15, 0.2) is 0 Å². The zero-order valence-electron chi connectivity index (χ0n) is 43.4. The Kier molecular flexibility index (Phi) is 12.4. The van der Waals surface area contributed by atoms with Crippen molar-refractivity contribution in [2.45, 2.75) is 151 Å². The first-order valence-corrected chi connectivity index (χ1v) is 27.7. The Bertz CT molecular complexity index is 2900. The molecule has 2 aliphatic heterocycles. The molecule has 374 valence electrons. The van der Waals surface area contributed by atoms with E-state index in [-0.39, 0.29) is 42.3 Å². The van der Waals surface area contributed by atoms with Gasteiger partial charge in [0.05, 0.1) is 0 Å². The number of ether oxygens (including phenoxy) is 1. The van der Waals surface area contributed by atoms with Crippen LogP contribution in [0.5, 0.6) is 0 Å². The number of rotatable bonds is 15. The second kappa shape index (κ2) is 18.3. The number of imide groups is 2. The van der Waals surface area contributed by atoms with Crippen molar-refractivity contribution in [1.29, 1.82) is 0 Å². The number of benzene rings is 5. The molecular formula is C62H75N3O6. The van der Waals surface area contributed by atoms with E-state index in [9.17, 15) is 24.0 Å². The fourth-order valence-electron chi connectivity index (χ4n) is 16.1. The van der Waals surface area contributed by atoms with Crippen molar-refractivity contribution in [3.8, 4) is 0 Å². The third-order valence-electron chi connectivity index (χ3n) is 19.9. The molecule has 4 aliphatic carbocycles. The van der Waals surface area contributed by atoms with Crippen LogP contribution in [0.15, 0.2) is 60.2 Å². The van der Waals surface area contributed by atoms with Crippen LogP contribution < -0.4 is 5.32 Å². The summed E-state index contributed by atoms with van der Waals surface area (Å²) in [5.74, 6) is 3.59. The van der Waals surface area contributed by atoms with Crippen molar-refractivity contribution in [2.75, 3.05) is 19.6 Å². The maximum absolute atomic E-state index is 14.3.